The molecule has 0 aromatic carbocycles. The molecule has 0 N–H and O–H groups in total. The van der Waals surface area contributed by atoms with Crippen LogP contribution >= 0.6 is 0 Å². The van der Waals surface area contributed by atoms with Crippen molar-refractivity contribution in [2.45, 2.75) is 13.3 Å². The van der Waals surface area contributed by atoms with Crippen molar-refractivity contribution in [1.29, 1.82) is 0 Å². The Morgan fingerprint density at radius 1 is 1.38 bits per heavy atom. The van der Waals surface area contributed by atoms with Crippen LogP contribution in [0.2, 0.25) is 0 Å². The molecule has 2 heterocycles. The van der Waals surface area contributed by atoms with Crippen LogP contribution in [0.1, 0.15) is 21.9 Å². The number of hydrogen-bond donors (Lipinski definition) is 0. The van der Waals surface area contributed by atoms with Crippen LogP contribution in [0.3, 0.4) is 0 Å². The van der Waals surface area contributed by atoms with Crippen molar-refractivity contribution < 1.29 is 4.79 Å². The van der Waals surface area contributed by atoms with Gasteiger partial charge in [0.15, 0.2) is 5.82 Å². The monoisotopic (exact) mass is 217 g/mol. The zero-order chi connectivity index (χ0) is 11.5. The minimum Gasteiger partial charge on any atom is -0.290 e. The topological polar surface area (TPSA) is 73.6 Å². The van der Waals surface area contributed by atoms with E-state index in [2.05, 4.69) is 20.3 Å². The van der Waals surface area contributed by atoms with E-state index in [4.69, 9.17) is 0 Å². The number of hydrogen-bond acceptors (Lipinski definition) is 5. The smallest absolute Gasteiger partial charge is 0.206 e. The predicted octanol–water partition coefficient (Wildman–Crippen LogP) is 0.339. The lowest BCUT2D eigenvalue weighted by atomic mass is 10.2. The maximum atomic E-state index is 11.7. The molecular formula is C10H11N5O. The van der Waals surface area contributed by atoms with Gasteiger partial charge >= 0.3 is 0 Å². The number of nitrogens with zero attached hydrogens (tertiary/aromatic N) is 5. The molecule has 0 radical (unpaired) electrons. The third-order valence-corrected chi connectivity index (χ3v) is 2.02. The van der Waals surface area contributed by atoms with Gasteiger partial charge in [-0.05, 0) is 12.5 Å². The molecule has 0 spiro atoms. The van der Waals surface area contributed by atoms with Crippen LogP contribution in [-0.4, -0.2) is 30.7 Å². The first kappa shape index (κ1) is 10.4. The van der Waals surface area contributed by atoms with Crippen molar-refractivity contribution in [1.82, 2.24) is 25.0 Å². The van der Waals surface area contributed by atoms with Crippen molar-refractivity contribution >= 4 is 5.78 Å². The van der Waals surface area contributed by atoms with Crippen LogP contribution < -0.4 is 0 Å². The Balaban J connectivity index is 2.11. The van der Waals surface area contributed by atoms with Crippen molar-refractivity contribution in [3.63, 3.8) is 0 Å². The van der Waals surface area contributed by atoms with Crippen LogP contribution in [0.15, 0.2) is 18.6 Å². The number of carbonyl (C=O) groups excluding carboxylic acids is 1. The van der Waals surface area contributed by atoms with Gasteiger partial charge in [0.1, 0.15) is 0 Å². The van der Waals surface area contributed by atoms with Gasteiger partial charge in [-0.15, -0.1) is 5.10 Å². The minimum absolute atomic E-state index is 0.152. The number of aromatic nitrogens is 5. The molecule has 82 valence electrons. The van der Waals surface area contributed by atoms with Gasteiger partial charge in [0.2, 0.25) is 5.78 Å². The fourth-order valence-corrected chi connectivity index (χ4v) is 1.26. The highest BCUT2D eigenvalue weighted by molar-refractivity contribution is 5.93. The van der Waals surface area contributed by atoms with E-state index >= 15 is 0 Å². The zero-order valence-corrected chi connectivity index (χ0v) is 9.08. The zero-order valence-electron chi connectivity index (χ0n) is 9.08. The Bertz CT molecular complexity index is 502. The Morgan fingerprint density at radius 2 is 2.06 bits per heavy atom. The van der Waals surface area contributed by atoms with E-state index in [0.29, 0.717) is 5.69 Å². The molecule has 0 fully saturated rings. The third kappa shape index (κ3) is 2.28. The van der Waals surface area contributed by atoms with Crippen molar-refractivity contribution in [2.75, 3.05) is 0 Å². The summed E-state index contributed by atoms with van der Waals surface area (Å²) in [6, 6.07) is 0. The van der Waals surface area contributed by atoms with Gasteiger partial charge in [0.05, 0.1) is 12.1 Å². The lowest BCUT2D eigenvalue weighted by molar-refractivity contribution is 0.0982. The maximum Gasteiger partial charge on any atom is 0.206 e. The number of ketones is 1. The SMILES string of the molecule is Cc1cnc(C(=O)Cc2cn(C)nn2)nc1. The van der Waals surface area contributed by atoms with Crippen LogP contribution in [0.5, 0.6) is 0 Å². The Hall–Kier alpha value is -2.11. The summed E-state index contributed by atoms with van der Waals surface area (Å²) in [5, 5.41) is 7.59. The van der Waals surface area contributed by atoms with E-state index in [-0.39, 0.29) is 18.0 Å². The molecule has 6 nitrogen and oxygen atoms in total. The van der Waals surface area contributed by atoms with Crippen LogP contribution in [0.25, 0.3) is 0 Å². The molecule has 0 unspecified atom stereocenters. The molecule has 2 aromatic rings. The summed E-state index contributed by atoms with van der Waals surface area (Å²) in [4.78, 5) is 19.7. The first-order chi connectivity index (χ1) is 7.65. The molecule has 0 saturated heterocycles. The average Bonchev–Trinajstić information content (AvgIpc) is 2.65. The maximum absolute atomic E-state index is 11.7. The molecule has 0 amide bonds. The highest BCUT2D eigenvalue weighted by atomic mass is 16.1. The van der Waals surface area contributed by atoms with Crippen molar-refractivity contribution in [2.24, 2.45) is 7.05 Å². The van der Waals surface area contributed by atoms with Crippen molar-refractivity contribution in [3.8, 4) is 0 Å². The largest absolute Gasteiger partial charge is 0.290 e. The van der Waals surface area contributed by atoms with Gasteiger partial charge in [0.25, 0.3) is 0 Å². The standard InChI is InChI=1S/C10H11N5O/c1-7-4-11-10(12-5-7)9(16)3-8-6-15(2)14-13-8/h4-6H,3H2,1-2H3. The van der Waals surface area contributed by atoms with E-state index in [9.17, 15) is 4.79 Å². The summed E-state index contributed by atoms with van der Waals surface area (Å²) in [6.07, 6.45) is 5.12. The molecule has 16 heavy (non-hydrogen) atoms. The molecule has 0 aliphatic carbocycles. The normalized spacial score (nSPS) is 10.4. The molecular weight excluding hydrogens is 206 g/mol. The molecule has 2 rings (SSSR count). The van der Waals surface area contributed by atoms with Gasteiger partial charge < -0.3 is 0 Å². The molecule has 6 heteroatoms. The summed E-state index contributed by atoms with van der Waals surface area (Å²) >= 11 is 0. The lowest BCUT2D eigenvalue weighted by Gasteiger charge is -1.96. The van der Waals surface area contributed by atoms with E-state index in [1.54, 1.807) is 30.3 Å². The first-order valence-corrected chi connectivity index (χ1v) is 4.82. The quantitative estimate of drug-likeness (QED) is 0.693. The number of carbonyl (C=O) groups is 1. The molecule has 0 aliphatic heterocycles. The van der Waals surface area contributed by atoms with Crippen LogP contribution in [-0.2, 0) is 13.5 Å². The van der Waals surface area contributed by atoms with Gasteiger partial charge in [-0.1, -0.05) is 5.21 Å². The van der Waals surface area contributed by atoms with Gasteiger partial charge in [-0.2, -0.15) is 0 Å². The van der Waals surface area contributed by atoms with E-state index < -0.39 is 0 Å². The van der Waals surface area contributed by atoms with Gasteiger partial charge in [-0.3, -0.25) is 9.48 Å². The molecule has 0 bridgehead atoms. The second-order valence-electron chi connectivity index (χ2n) is 3.57. The van der Waals surface area contributed by atoms with E-state index in [0.717, 1.165) is 5.56 Å². The summed E-state index contributed by atoms with van der Waals surface area (Å²) in [7, 11) is 1.75. The summed E-state index contributed by atoms with van der Waals surface area (Å²) in [6.45, 7) is 1.87. The second-order valence-corrected chi connectivity index (χ2v) is 3.57. The summed E-state index contributed by atoms with van der Waals surface area (Å²) in [5.74, 6) is 0.0664. The highest BCUT2D eigenvalue weighted by Gasteiger charge is 2.11. The fourth-order valence-electron chi connectivity index (χ4n) is 1.26. The second kappa shape index (κ2) is 4.18. The summed E-state index contributed by atoms with van der Waals surface area (Å²) in [5.41, 5.74) is 1.55. The van der Waals surface area contributed by atoms with Gasteiger partial charge in [-0.25, -0.2) is 9.97 Å². The molecule has 0 aliphatic rings. The molecule has 2 aromatic heterocycles. The fraction of sp³-hybridized carbons (Fsp3) is 0.300. The average molecular weight is 217 g/mol. The molecule has 0 saturated carbocycles. The van der Waals surface area contributed by atoms with E-state index in [1.165, 1.54) is 0 Å². The number of Topliss-reactive ketones (excluding diaryl/α,β-unsaturated/α-hetero) is 1. The third-order valence-electron chi connectivity index (χ3n) is 2.02. The minimum atomic E-state index is -0.152. The van der Waals surface area contributed by atoms with Gasteiger partial charge in [0, 0.05) is 25.6 Å². The van der Waals surface area contributed by atoms with Crippen molar-refractivity contribution in [3.05, 3.63) is 35.7 Å². The first-order valence-electron chi connectivity index (χ1n) is 4.82. The Kier molecular flexibility index (Phi) is 2.72. The molecule has 0 atom stereocenters. The Morgan fingerprint density at radius 3 is 2.62 bits per heavy atom. The predicted molar refractivity (Wildman–Crippen MR) is 55.8 cm³/mol. The summed E-state index contributed by atoms with van der Waals surface area (Å²) < 4.78 is 1.55. The van der Waals surface area contributed by atoms with E-state index in [1.807, 2.05) is 6.92 Å². The Labute approximate surface area is 92.3 Å². The highest BCUT2D eigenvalue weighted by Crippen LogP contribution is 2.00. The number of aryl methyl sites for hydroxylation is 2. The lowest BCUT2D eigenvalue weighted by Crippen LogP contribution is -2.08. The number of rotatable bonds is 3. The van der Waals surface area contributed by atoms with Crippen LogP contribution in [0, 0.1) is 6.92 Å². The van der Waals surface area contributed by atoms with Crippen LogP contribution in [0.4, 0.5) is 0 Å².